The van der Waals surface area contributed by atoms with Crippen LogP contribution in [0.5, 0.6) is 0 Å². The van der Waals surface area contributed by atoms with Crippen molar-refractivity contribution >= 4 is 0 Å². The minimum Gasteiger partial charge on any atom is -0.396 e. The Morgan fingerprint density at radius 1 is 1.33 bits per heavy atom. The highest BCUT2D eigenvalue weighted by atomic mass is 16.5. The Balaban J connectivity index is 1.61. The van der Waals surface area contributed by atoms with Crippen LogP contribution >= 0.6 is 0 Å². The molecule has 2 heterocycles. The Kier molecular flexibility index (Phi) is 4.60. The first-order valence-electron chi connectivity index (χ1n) is 8.40. The smallest absolute Gasteiger partial charge is 0.229 e. The van der Waals surface area contributed by atoms with Gasteiger partial charge in [-0.25, -0.2) is 0 Å². The van der Waals surface area contributed by atoms with Crippen molar-refractivity contribution in [3.05, 3.63) is 11.7 Å². The SMILES string of the molecule is CC[C@]1(CO)CCCN(Cc2noc(C3CCCC3)n2)C1. The third-order valence-electron chi connectivity index (χ3n) is 5.38. The molecule has 118 valence electrons. The van der Waals surface area contributed by atoms with Gasteiger partial charge in [0.1, 0.15) is 0 Å². The van der Waals surface area contributed by atoms with E-state index >= 15 is 0 Å². The molecule has 1 atom stereocenters. The molecular weight excluding hydrogens is 266 g/mol. The molecule has 1 aliphatic carbocycles. The second-order valence-corrected chi connectivity index (χ2v) is 6.86. The fraction of sp³-hybridized carbons (Fsp3) is 0.875. The lowest BCUT2D eigenvalue weighted by molar-refractivity contribution is 0.0245. The van der Waals surface area contributed by atoms with Gasteiger partial charge in [0.25, 0.3) is 0 Å². The quantitative estimate of drug-likeness (QED) is 0.904. The first kappa shape index (κ1) is 15.0. The molecule has 0 bridgehead atoms. The second kappa shape index (κ2) is 6.44. The van der Waals surface area contributed by atoms with E-state index in [0.717, 1.165) is 50.6 Å². The predicted octanol–water partition coefficient (Wildman–Crippen LogP) is 2.71. The van der Waals surface area contributed by atoms with E-state index in [9.17, 15) is 5.11 Å². The molecule has 0 spiro atoms. The summed E-state index contributed by atoms with van der Waals surface area (Å²) >= 11 is 0. The molecule has 5 nitrogen and oxygen atoms in total. The molecule has 1 aromatic rings. The molecule has 1 N–H and O–H groups in total. The van der Waals surface area contributed by atoms with Crippen LogP contribution < -0.4 is 0 Å². The third-order valence-corrected chi connectivity index (χ3v) is 5.38. The fourth-order valence-electron chi connectivity index (χ4n) is 3.84. The van der Waals surface area contributed by atoms with Gasteiger partial charge in [0.05, 0.1) is 6.54 Å². The zero-order valence-corrected chi connectivity index (χ0v) is 13.1. The predicted molar refractivity (Wildman–Crippen MR) is 79.8 cm³/mol. The van der Waals surface area contributed by atoms with Crippen molar-refractivity contribution < 1.29 is 9.63 Å². The zero-order valence-electron chi connectivity index (χ0n) is 13.1. The van der Waals surface area contributed by atoms with Crippen LogP contribution in [0.25, 0.3) is 0 Å². The molecular formula is C16H27N3O2. The maximum absolute atomic E-state index is 9.70. The van der Waals surface area contributed by atoms with Crippen molar-refractivity contribution in [1.82, 2.24) is 15.0 Å². The molecule has 0 amide bonds. The molecule has 0 unspecified atom stereocenters. The van der Waals surface area contributed by atoms with E-state index in [1.165, 1.54) is 25.7 Å². The fourth-order valence-corrected chi connectivity index (χ4v) is 3.84. The summed E-state index contributed by atoms with van der Waals surface area (Å²) in [5.41, 5.74) is 0.0657. The number of likely N-dealkylation sites (tertiary alicyclic amines) is 1. The highest BCUT2D eigenvalue weighted by Crippen LogP contribution is 2.34. The molecule has 5 heteroatoms. The monoisotopic (exact) mass is 293 g/mol. The summed E-state index contributed by atoms with van der Waals surface area (Å²) in [5, 5.41) is 13.9. The molecule has 0 aromatic carbocycles. The third kappa shape index (κ3) is 3.29. The zero-order chi connectivity index (χ0) is 14.7. The van der Waals surface area contributed by atoms with Crippen LogP contribution in [0.1, 0.15) is 69.5 Å². The van der Waals surface area contributed by atoms with E-state index in [0.29, 0.717) is 5.92 Å². The lowest BCUT2D eigenvalue weighted by Crippen LogP contribution is -2.44. The van der Waals surface area contributed by atoms with E-state index in [2.05, 4.69) is 22.0 Å². The summed E-state index contributed by atoms with van der Waals surface area (Å²) in [6, 6.07) is 0. The van der Waals surface area contributed by atoms with Crippen LogP contribution in [0.15, 0.2) is 4.52 Å². The first-order valence-corrected chi connectivity index (χ1v) is 8.40. The van der Waals surface area contributed by atoms with E-state index in [1.54, 1.807) is 0 Å². The van der Waals surface area contributed by atoms with Crippen LogP contribution in [0.2, 0.25) is 0 Å². The van der Waals surface area contributed by atoms with E-state index < -0.39 is 0 Å². The van der Waals surface area contributed by atoms with Crippen LogP contribution in [0, 0.1) is 5.41 Å². The molecule has 3 rings (SSSR count). The molecule has 1 aliphatic heterocycles. The average Bonchev–Trinajstić information content (AvgIpc) is 3.18. The van der Waals surface area contributed by atoms with Crippen LogP contribution in [0.4, 0.5) is 0 Å². The Labute approximate surface area is 126 Å². The Morgan fingerprint density at radius 3 is 2.86 bits per heavy atom. The van der Waals surface area contributed by atoms with Gasteiger partial charge in [-0.05, 0) is 38.6 Å². The average molecular weight is 293 g/mol. The second-order valence-electron chi connectivity index (χ2n) is 6.86. The van der Waals surface area contributed by atoms with Crippen LogP contribution in [-0.4, -0.2) is 39.8 Å². The van der Waals surface area contributed by atoms with Gasteiger partial charge >= 0.3 is 0 Å². The van der Waals surface area contributed by atoms with E-state index in [1.807, 2.05) is 0 Å². The van der Waals surface area contributed by atoms with Gasteiger partial charge < -0.3 is 9.63 Å². The molecule has 2 fully saturated rings. The summed E-state index contributed by atoms with van der Waals surface area (Å²) in [5.74, 6) is 2.13. The topological polar surface area (TPSA) is 62.4 Å². The molecule has 1 saturated heterocycles. The summed E-state index contributed by atoms with van der Waals surface area (Å²) in [6.45, 7) is 5.20. The van der Waals surface area contributed by atoms with E-state index in [4.69, 9.17) is 4.52 Å². The number of aromatic nitrogens is 2. The van der Waals surface area contributed by atoms with Gasteiger partial charge in [0.2, 0.25) is 5.89 Å². The molecule has 1 aromatic heterocycles. The number of hydrogen-bond acceptors (Lipinski definition) is 5. The number of hydrogen-bond donors (Lipinski definition) is 1. The molecule has 2 aliphatic rings. The Bertz CT molecular complexity index is 450. The number of piperidine rings is 1. The molecule has 21 heavy (non-hydrogen) atoms. The maximum atomic E-state index is 9.70. The minimum atomic E-state index is 0.0657. The number of rotatable bonds is 5. The highest BCUT2D eigenvalue weighted by Gasteiger charge is 2.34. The van der Waals surface area contributed by atoms with Gasteiger partial charge in [0.15, 0.2) is 5.82 Å². The summed E-state index contributed by atoms with van der Waals surface area (Å²) in [6.07, 6.45) is 8.23. The normalized spacial score (nSPS) is 28.3. The summed E-state index contributed by atoms with van der Waals surface area (Å²) < 4.78 is 5.46. The highest BCUT2D eigenvalue weighted by molar-refractivity contribution is 4.97. The van der Waals surface area contributed by atoms with Crippen molar-refractivity contribution in [2.75, 3.05) is 19.7 Å². The lowest BCUT2D eigenvalue weighted by Gasteiger charge is -2.40. The first-order chi connectivity index (χ1) is 10.2. The number of aliphatic hydroxyl groups is 1. The van der Waals surface area contributed by atoms with Gasteiger partial charge in [-0.1, -0.05) is 24.9 Å². The van der Waals surface area contributed by atoms with Gasteiger partial charge in [-0.3, -0.25) is 4.90 Å². The maximum Gasteiger partial charge on any atom is 0.229 e. The summed E-state index contributed by atoms with van der Waals surface area (Å²) in [4.78, 5) is 6.97. The Hall–Kier alpha value is -0.940. The standard InChI is InChI=1S/C16H27N3O2/c1-2-16(12-20)8-5-9-19(11-16)10-14-17-15(21-18-14)13-6-3-4-7-13/h13,20H,2-12H2,1H3/t16-/m0/s1. The molecule has 0 radical (unpaired) electrons. The van der Waals surface area contributed by atoms with Gasteiger partial charge in [0, 0.05) is 24.5 Å². The Morgan fingerprint density at radius 2 is 2.14 bits per heavy atom. The van der Waals surface area contributed by atoms with Crippen molar-refractivity contribution in [2.45, 2.75) is 64.3 Å². The number of nitrogens with zero attached hydrogens (tertiary/aromatic N) is 3. The van der Waals surface area contributed by atoms with Crippen LogP contribution in [-0.2, 0) is 6.54 Å². The van der Waals surface area contributed by atoms with Crippen molar-refractivity contribution in [1.29, 1.82) is 0 Å². The largest absolute Gasteiger partial charge is 0.396 e. The van der Waals surface area contributed by atoms with E-state index in [-0.39, 0.29) is 12.0 Å². The van der Waals surface area contributed by atoms with Crippen LogP contribution in [0.3, 0.4) is 0 Å². The minimum absolute atomic E-state index is 0.0657. The van der Waals surface area contributed by atoms with Gasteiger partial charge in [-0.15, -0.1) is 0 Å². The van der Waals surface area contributed by atoms with Crippen molar-refractivity contribution in [3.63, 3.8) is 0 Å². The summed E-state index contributed by atoms with van der Waals surface area (Å²) in [7, 11) is 0. The lowest BCUT2D eigenvalue weighted by atomic mass is 9.78. The van der Waals surface area contributed by atoms with Gasteiger partial charge in [-0.2, -0.15) is 4.98 Å². The number of aliphatic hydroxyl groups excluding tert-OH is 1. The van der Waals surface area contributed by atoms with Crippen molar-refractivity contribution in [3.8, 4) is 0 Å². The molecule has 1 saturated carbocycles. The van der Waals surface area contributed by atoms with Crippen molar-refractivity contribution in [2.24, 2.45) is 5.41 Å².